The third kappa shape index (κ3) is 7.97. The van der Waals surface area contributed by atoms with E-state index in [1.165, 1.54) is 42.8 Å². The lowest BCUT2D eigenvalue weighted by Crippen LogP contribution is -2.74. The highest BCUT2D eigenvalue weighted by atomic mass is 28.3. The molecule has 6 heteroatoms. The predicted octanol–water partition coefficient (Wildman–Crippen LogP) is 15.6. The molecular weight excluding hydrogens is 1010 g/mol. The first-order valence-corrected chi connectivity index (χ1v) is 30.2. The molecule has 11 aromatic carbocycles. The Hall–Kier alpha value is -10.1. The van der Waals surface area contributed by atoms with Gasteiger partial charge in [-0.2, -0.15) is 0 Å². The average Bonchev–Trinajstić information content (AvgIpc) is 4.07. The normalized spacial score (nSPS) is 12.1. The van der Waals surface area contributed by atoms with Crippen molar-refractivity contribution >= 4 is 61.7 Å². The second-order valence-electron chi connectivity index (χ2n) is 22.4. The van der Waals surface area contributed by atoms with Crippen LogP contribution in [0.25, 0.3) is 94.5 Å². The van der Waals surface area contributed by atoms with Crippen molar-refractivity contribution in [2.24, 2.45) is 0 Å². The van der Waals surface area contributed by atoms with E-state index in [-0.39, 0.29) is 5.41 Å². The Kier molecular flexibility index (Phi) is 11.7. The summed E-state index contributed by atoms with van der Waals surface area (Å²) < 4.78 is 13.8. The summed E-state index contributed by atoms with van der Waals surface area (Å²) in [6.07, 6.45) is 5.97. The zero-order chi connectivity index (χ0) is 54.9. The van der Waals surface area contributed by atoms with Gasteiger partial charge in [0.05, 0.1) is 33.4 Å². The zero-order valence-electron chi connectivity index (χ0n) is 45.8. The molecule has 1 aliphatic rings. The molecule has 82 heavy (non-hydrogen) atoms. The maximum atomic E-state index is 6.94. The van der Waals surface area contributed by atoms with E-state index in [0.29, 0.717) is 5.75 Å². The lowest BCUT2D eigenvalue weighted by Gasteiger charge is -2.34. The van der Waals surface area contributed by atoms with Crippen LogP contribution < -0.4 is 30.1 Å². The molecule has 4 heterocycles. The van der Waals surface area contributed by atoms with Crippen molar-refractivity contribution in [3.05, 3.63) is 297 Å². The molecule has 15 rings (SSSR count). The van der Waals surface area contributed by atoms with Gasteiger partial charge < -0.3 is 4.74 Å². The number of aromatic nitrogens is 4. The highest BCUT2D eigenvalue weighted by molar-refractivity contribution is 7.19. The van der Waals surface area contributed by atoms with Gasteiger partial charge in [0.25, 0.3) is 6.33 Å². The maximum Gasteiger partial charge on any atom is 0.269 e. The van der Waals surface area contributed by atoms with Crippen molar-refractivity contribution < 1.29 is 9.30 Å². The van der Waals surface area contributed by atoms with Gasteiger partial charge in [0, 0.05) is 23.0 Å². The summed E-state index contributed by atoms with van der Waals surface area (Å²) in [4.78, 5) is 4.94. The fraction of sp³-hybridized carbons (Fsp3) is 0.0526. The van der Waals surface area contributed by atoms with Gasteiger partial charge in [0.2, 0.25) is 0 Å². The van der Waals surface area contributed by atoms with Crippen LogP contribution in [-0.4, -0.2) is 22.2 Å². The van der Waals surface area contributed by atoms with Gasteiger partial charge in [-0.1, -0.05) is 245 Å². The van der Waals surface area contributed by atoms with E-state index in [9.17, 15) is 0 Å². The summed E-state index contributed by atoms with van der Waals surface area (Å²) in [5.41, 5.74) is 16.5. The number of pyridine rings is 1. The molecule has 0 bridgehead atoms. The Morgan fingerprint density at radius 2 is 0.939 bits per heavy atom. The van der Waals surface area contributed by atoms with E-state index < -0.39 is 8.07 Å². The summed E-state index contributed by atoms with van der Waals surface area (Å²) >= 11 is 0. The standard InChI is InChI=1S/C76H56N4OSi/c1-76(2,3)53-45-46-77-73(48-53)80-70-41-18-17-37-66(70)67-44-43-56(50-72(67)80)81-55-25-20-24-54(49-55)78-51-79-74-61(38-21-39-68(74)64-35-15-13-33-62(64)63-34-14-16-36-65(63)69-40-22-42-71(78)75(69)79)52-23-19-32-60(47-52)82(57-26-7-4-8-27-57,58-28-9-5-10-29-58)59-30-11-6-12-31-59/h4-50H,1-3H3. The minimum Gasteiger partial charge on any atom is -0.458 e. The average molecular weight is 1070 g/mol. The molecule has 0 radical (unpaired) electrons. The first-order chi connectivity index (χ1) is 40.3. The van der Waals surface area contributed by atoms with Gasteiger partial charge in [-0.25, -0.2) is 4.98 Å². The van der Waals surface area contributed by atoms with Crippen molar-refractivity contribution in [1.82, 2.24) is 14.1 Å². The molecule has 5 nitrogen and oxygen atoms in total. The number of rotatable bonds is 9. The van der Waals surface area contributed by atoms with E-state index in [0.717, 1.165) is 83.8 Å². The van der Waals surface area contributed by atoms with Crippen molar-refractivity contribution in [3.63, 3.8) is 0 Å². The molecule has 390 valence electrons. The molecule has 0 N–H and O–H groups in total. The summed E-state index contributed by atoms with van der Waals surface area (Å²) in [6, 6.07) is 102. The third-order valence-corrected chi connectivity index (χ3v) is 21.5. The highest BCUT2D eigenvalue weighted by Gasteiger charge is 2.41. The Bertz CT molecular complexity index is 4670. The van der Waals surface area contributed by atoms with Crippen LogP contribution in [0.5, 0.6) is 11.5 Å². The van der Waals surface area contributed by atoms with Crippen LogP contribution in [0.15, 0.2) is 285 Å². The summed E-state index contributed by atoms with van der Waals surface area (Å²) in [5, 5.41) is 7.62. The number of hydrogen-bond acceptors (Lipinski definition) is 2. The van der Waals surface area contributed by atoms with Crippen molar-refractivity contribution in [1.29, 1.82) is 0 Å². The number of benzene rings is 11. The molecule has 0 atom stereocenters. The fourth-order valence-electron chi connectivity index (χ4n) is 12.9. The Morgan fingerprint density at radius 3 is 1.63 bits per heavy atom. The highest BCUT2D eigenvalue weighted by Crippen LogP contribution is 2.45. The Labute approximate surface area is 478 Å². The van der Waals surface area contributed by atoms with Gasteiger partial charge in [-0.05, 0) is 125 Å². The van der Waals surface area contributed by atoms with Gasteiger partial charge in [-0.3, -0.25) is 13.7 Å². The summed E-state index contributed by atoms with van der Waals surface area (Å²) in [5.74, 6) is 2.33. The molecule has 0 fully saturated rings. The summed E-state index contributed by atoms with van der Waals surface area (Å²) in [7, 11) is -2.89. The lowest BCUT2D eigenvalue weighted by molar-refractivity contribution is -0.570. The van der Waals surface area contributed by atoms with Gasteiger partial charge in [0.15, 0.2) is 8.07 Å². The predicted molar refractivity (Wildman–Crippen MR) is 340 cm³/mol. The molecule has 3 aromatic heterocycles. The van der Waals surface area contributed by atoms with Gasteiger partial charge >= 0.3 is 0 Å². The number of fused-ring (bicyclic) bond motifs is 10. The Balaban J connectivity index is 0.927. The minimum atomic E-state index is -2.89. The van der Waals surface area contributed by atoms with Crippen molar-refractivity contribution in [3.8, 4) is 73.2 Å². The second kappa shape index (κ2) is 19.6. The van der Waals surface area contributed by atoms with Crippen LogP contribution in [0.2, 0.25) is 0 Å². The zero-order valence-corrected chi connectivity index (χ0v) is 46.8. The third-order valence-electron chi connectivity index (χ3n) is 16.7. The van der Waals surface area contributed by atoms with Crippen molar-refractivity contribution in [2.75, 3.05) is 0 Å². The SMILES string of the molecule is CC(C)(C)c1ccnc(-n2c3ccccc3c3ccc(Oc4cccc(-n5[c-][n+]6c7c(cccc75)-c5ccccc5-c5ccccc5-c5cccc(-c7cccc([Si](c8ccccc8)(c8ccccc8)c8ccccc8)c7)c5-6)c4)cc32)c1. The Morgan fingerprint density at radius 1 is 0.415 bits per heavy atom. The topological polar surface area (TPSA) is 35.9 Å². The number of imidazole rings is 1. The monoisotopic (exact) mass is 1070 g/mol. The molecule has 0 aliphatic carbocycles. The second-order valence-corrected chi connectivity index (χ2v) is 26.3. The van der Waals surface area contributed by atoms with Crippen LogP contribution >= 0.6 is 0 Å². The molecule has 0 unspecified atom stereocenters. The molecule has 0 spiro atoms. The van der Waals surface area contributed by atoms with E-state index in [1.807, 2.05) is 12.3 Å². The smallest absolute Gasteiger partial charge is 0.269 e. The van der Waals surface area contributed by atoms with E-state index in [4.69, 9.17) is 9.72 Å². The fourth-order valence-corrected chi connectivity index (χ4v) is 17.7. The van der Waals surface area contributed by atoms with Gasteiger partial charge in [-0.15, -0.1) is 0 Å². The van der Waals surface area contributed by atoms with Crippen LogP contribution in [0.4, 0.5) is 0 Å². The molecule has 0 saturated heterocycles. The van der Waals surface area contributed by atoms with E-state index >= 15 is 0 Å². The van der Waals surface area contributed by atoms with Crippen molar-refractivity contribution in [2.45, 2.75) is 26.2 Å². The number of hydrogen-bond donors (Lipinski definition) is 0. The first-order valence-electron chi connectivity index (χ1n) is 28.2. The van der Waals surface area contributed by atoms with Crippen LogP contribution in [-0.2, 0) is 5.41 Å². The van der Waals surface area contributed by atoms with Crippen LogP contribution in [0, 0.1) is 6.33 Å². The quantitative estimate of drug-likeness (QED) is 0.0625. The van der Waals surface area contributed by atoms with Crippen LogP contribution in [0.1, 0.15) is 26.3 Å². The number of ether oxygens (including phenoxy) is 1. The van der Waals surface area contributed by atoms with Crippen LogP contribution in [0.3, 0.4) is 0 Å². The number of para-hydroxylation sites is 3. The summed E-state index contributed by atoms with van der Waals surface area (Å²) in [6.45, 7) is 6.73. The lowest BCUT2D eigenvalue weighted by atomic mass is 9.88. The molecule has 0 amide bonds. The number of nitrogens with zero attached hydrogens (tertiary/aromatic N) is 4. The van der Waals surface area contributed by atoms with Gasteiger partial charge in [0.1, 0.15) is 17.3 Å². The largest absolute Gasteiger partial charge is 0.458 e. The van der Waals surface area contributed by atoms with E-state index in [2.05, 4.69) is 314 Å². The molecule has 0 saturated carbocycles. The first kappa shape index (κ1) is 48.9. The minimum absolute atomic E-state index is 0.0363. The molecule has 1 aliphatic heterocycles. The maximum absolute atomic E-state index is 6.94. The molecular formula is C76H56N4OSi. The van der Waals surface area contributed by atoms with E-state index in [1.54, 1.807) is 0 Å². The molecule has 14 aromatic rings.